The molecule has 3 heterocycles. The minimum atomic E-state index is 0.647. The smallest absolute Gasteiger partial charge is 0.227 e. The van der Waals surface area contributed by atoms with Gasteiger partial charge < -0.3 is 4.42 Å². The number of aryl methyl sites for hydroxylation is 1. The molecule has 0 bridgehead atoms. The first-order valence-corrected chi connectivity index (χ1v) is 9.61. The minimum absolute atomic E-state index is 0.647. The van der Waals surface area contributed by atoms with E-state index in [2.05, 4.69) is 65.0 Å². The van der Waals surface area contributed by atoms with Crippen LogP contribution in [0.3, 0.4) is 0 Å². The molecule has 4 heteroatoms. The molecule has 0 aliphatic heterocycles. The van der Waals surface area contributed by atoms with E-state index in [4.69, 9.17) is 9.40 Å². The molecule has 0 unspecified atom stereocenters. The fourth-order valence-corrected chi connectivity index (χ4v) is 4.07. The molecule has 0 saturated carbocycles. The zero-order chi connectivity index (χ0) is 19.4. The van der Waals surface area contributed by atoms with Gasteiger partial charge in [0.05, 0.1) is 22.3 Å². The maximum Gasteiger partial charge on any atom is 0.227 e. The van der Waals surface area contributed by atoms with Gasteiger partial charge in [-0.25, -0.2) is 9.97 Å². The number of aromatic nitrogens is 3. The van der Waals surface area contributed by atoms with Crippen molar-refractivity contribution in [2.75, 3.05) is 0 Å². The van der Waals surface area contributed by atoms with Crippen molar-refractivity contribution in [3.05, 3.63) is 90.6 Å². The molecule has 0 radical (unpaired) electrons. The first-order chi connectivity index (χ1) is 14.3. The minimum Gasteiger partial charge on any atom is -0.437 e. The van der Waals surface area contributed by atoms with Crippen molar-refractivity contribution in [3.63, 3.8) is 0 Å². The predicted octanol–water partition coefficient (Wildman–Crippen LogP) is 6.30. The van der Waals surface area contributed by atoms with E-state index in [9.17, 15) is 0 Å². The predicted molar refractivity (Wildman–Crippen MR) is 116 cm³/mol. The fourth-order valence-electron chi connectivity index (χ4n) is 4.07. The molecule has 6 aromatic rings. The van der Waals surface area contributed by atoms with Crippen LogP contribution in [0.15, 0.2) is 89.5 Å². The van der Waals surface area contributed by atoms with E-state index in [-0.39, 0.29) is 0 Å². The molecule has 0 aliphatic rings. The lowest BCUT2D eigenvalue weighted by molar-refractivity contribution is 0.654. The Hall–Kier alpha value is -3.92. The standard InChI is InChI=1S/C25H17N3O/c1-16-8-2-4-13-21(16)28-22-14-5-3-12-20(22)27-24(28)19-10-6-9-17-18-11-7-15-26-25(18)29-23(17)19/h2-15H,1H3. The molecule has 0 spiro atoms. The second-order valence-electron chi connectivity index (χ2n) is 7.19. The third-order valence-electron chi connectivity index (χ3n) is 5.43. The summed E-state index contributed by atoms with van der Waals surface area (Å²) in [5.41, 5.74) is 6.75. The quantitative estimate of drug-likeness (QED) is 0.357. The van der Waals surface area contributed by atoms with Crippen molar-refractivity contribution in [1.29, 1.82) is 0 Å². The third kappa shape index (κ3) is 2.32. The molecule has 0 saturated heterocycles. The topological polar surface area (TPSA) is 43.9 Å². The number of benzene rings is 3. The van der Waals surface area contributed by atoms with Gasteiger partial charge in [-0.3, -0.25) is 4.57 Å². The van der Waals surface area contributed by atoms with Gasteiger partial charge in [0.2, 0.25) is 5.71 Å². The number of pyridine rings is 1. The maximum atomic E-state index is 6.19. The Morgan fingerprint density at radius 2 is 1.62 bits per heavy atom. The van der Waals surface area contributed by atoms with Crippen LogP contribution in [0, 0.1) is 6.92 Å². The number of fused-ring (bicyclic) bond motifs is 4. The lowest BCUT2D eigenvalue weighted by atomic mass is 10.1. The molecular formula is C25H17N3O. The van der Waals surface area contributed by atoms with Crippen LogP contribution in [0.4, 0.5) is 0 Å². The number of rotatable bonds is 2. The number of para-hydroxylation sites is 4. The summed E-state index contributed by atoms with van der Waals surface area (Å²) >= 11 is 0. The van der Waals surface area contributed by atoms with E-state index in [1.807, 2.05) is 30.3 Å². The first-order valence-electron chi connectivity index (χ1n) is 9.61. The number of furan rings is 1. The highest BCUT2D eigenvalue weighted by atomic mass is 16.3. The van der Waals surface area contributed by atoms with Crippen LogP contribution in [-0.4, -0.2) is 14.5 Å². The molecule has 138 valence electrons. The Balaban J connectivity index is 1.75. The summed E-state index contributed by atoms with van der Waals surface area (Å²) < 4.78 is 8.41. The maximum absolute atomic E-state index is 6.19. The Bertz CT molecular complexity index is 1520. The first kappa shape index (κ1) is 16.1. The van der Waals surface area contributed by atoms with Crippen LogP contribution in [0.25, 0.3) is 50.2 Å². The largest absolute Gasteiger partial charge is 0.437 e. The average Bonchev–Trinajstić information content (AvgIpc) is 3.32. The van der Waals surface area contributed by atoms with Gasteiger partial charge in [-0.2, -0.15) is 0 Å². The highest BCUT2D eigenvalue weighted by Gasteiger charge is 2.20. The van der Waals surface area contributed by atoms with Crippen LogP contribution in [0.1, 0.15) is 5.56 Å². The molecular weight excluding hydrogens is 358 g/mol. The van der Waals surface area contributed by atoms with Crippen LogP contribution in [-0.2, 0) is 0 Å². The summed E-state index contributed by atoms with van der Waals surface area (Å²) in [6, 6.07) is 26.8. The zero-order valence-corrected chi connectivity index (χ0v) is 15.8. The van der Waals surface area contributed by atoms with Crippen molar-refractivity contribution < 1.29 is 4.42 Å². The van der Waals surface area contributed by atoms with Gasteiger partial charge in [-0.15, -0.1) is 0 Å². The SMILES string of the molecule is Cc1ccccc1-n1c(-c2cccc3c2oc2ncccc23)nc2ccccc21. The molecule has 0 amide bonds. The summed E-state index contributed by atoms with van der Waals surface area (Å²) in [5, 5.41) is 2.07. The van der Waals surface area contributed by atoms with Gasteiger partial charge in [0.25, 0.3) is 0 Å². The van der Waals surface area contributed by atoms with E-state index in [0.717, 1.165) is 44.5 Å². The van der Waals surface area contributed by atoms with E-state index < -0.39 is 0 Å². The Morgan fingerprint density at radius 1 is 0.793 bits per heavy atom. The lowest BCUT2D eigenvalue weighted by Crippen LogP contribution is -2.00. The van der Waals surface area contributed by atoms with Gasteiger partial charge in [-0.1, -0.05) is 42.5 Å². The van der Waals surface area contributed by atoms with Crippen LogP contribution in [0.2, 0.25) is 0 Å². The number of hydrogen-bond donors (Lipinski definition) is 0. The van der Waals surface area contributed by atoms with E-state index in [1.54, 1.807) is 6.20 Å². The third-order valence-corrected chi connectivity index (χ3v) is 5.43. The fraction of sp³-hybridized carbons (Fsp3) is 0.0400. The van der Waals surface area contributed by atoms with E-state index in [1.165, 1.54) is 5.56 Å². The van der Waals surface area contributed by atoms with Gasteiger partial charge >= 0.3 is 0 Å². The summed E-state index contributed by atoms with van der Waals surface area (Å²) in [6.45, 7) is 2.12. The van der Waals surface area contributed by atoms with Crippen LogP contribution in [0.5, 0.6) is 0 Å². The summed E-state index contributed by atoms with van der Waals surface area (Å²) in [6.07, 6.45) is 1.76. The molecule has 0 fully saturated rings. The second kappa shape index (κ2) is 6.04. The van der Waals surface area contributed by atoms with Crippen LogP contribution >= 0.6 is 0 Å². The molecule has 0 aliphatic carbocycles. The summed E-state index contributed by atoms with van der Waals surface area (Å²) in [5.74, 6) is 0.866. The van der Waals surface area contributed by atoms with Gasteiger partial charge in [0.15, 0.2) is 0 Å². The highest BCUT2D eigenvalue weighted by Crippen LogP contribution is 2.37. The zero-order valence-electron chi connectivity index (χ0n) is 15.8. The van der Waals surface area contributed by atoms with Crippen molar-refractivity contribution in [1.82, 2.24) is 14.5 Å². The Kier molecular flexibility index (Phi) is 3.35. The van der Waals surface area contributed by atoms with Crippen molar-refractivity contribution in [2.24, 2.45) is 0 Å². The summed E-state index contributed by atoms with van der Waals surface area (Å²) in [4.78, 5) is 9.40. The average molecular weight is 375 g/mol. The molecule has 4 nitrogen and oxygen atoms in total. The second-order valence-corrected chi connectivity index (χ2v) is 7.19. The normalized spacial score (nSPS) is 11.6. The monoisotopic (exact) mass is 375 g/mol. The van der Waals surface area contributed by atoms with Gasteiger partial charge in [-0.05, 0) is 48.9 Å². The molecule has 3 aromatic heterocycles. The van der Waals surface area contributed by atoms with Crippen molar-refractivity contribution >= 4 is 33.1 Å². The molecule has 6 rings (SSSR count). The highest BCUT2D eigenvalue weighted by molar-refractivity contribution is 6.08. The Labute approximate surface area is 167 Å². The molecule has 29 heavy (non-hydrogen) atoms. The van der Waals surface area contributed by atoms with Crippen LogP contribution < -0.4 is 0 Å². The van der Waals surface area contributed by atoms with Gasteiger partial charge in [0, 0.05) is 17.0 Å². The van der Waals surface area contributed by atoms with E-state index in [0.29, 0.717) is 5.71 Å². The lowest BCUT2D eigenvalue weighted by Gasteiger charge is -2.12. The molecule has 0 atom stereocenters. The number of nitrogens with zero attached hydrogens (tertiary/aromatic N) is 3. The van der Waals surface area contributed by atoms with Crippen molar-refractivity contribution in [3.8, 4) is 17.1 Å². The van der Waals surface area contributed by atoms with Gasteiger partial charge in [0.1, 0.15) is 11.4 Å². The Morgan fingerprint density at radius 3 is 2.55 bits per heavy atom. The van der Waals surface area contributed by atoms with E-state index >= 15 is 0 Å². The molecule has 3 aromatic carbocycles. The summed E-state index contributed by atoms with van der Waals surface area (Å²) in [7, 11) is 0. The number of hydrogen-bond acceptors (Lipinski definition) is 3. The van der Waals surface area contributed by atoms with Crippen molar-refractivity contribution in [2.45, 2.75) is 6.92 Å². The molecule has 0 N–H and O–H groups in total. The number of imidazole rings is 1.